The third kappa shape index (κ3) is 5.39. The Labute approximate surface area is 142 Å². The lowest BCUT2D eigenvalue weighted by molar-refractivity contribution is -0.136. The SMILES string of the molecule is O=C(COc1ccc(Cl)cc1Cl)NOCc1ccc(Cl)cc1. The van der Waals surface area contributed by atoms with Crippen LogP contribution in [0.15, 0.2) is 42.5 Å². The molecule has 0 heterocycles. The molecule has 1 amide bonds. The summed E-state index contributed by atoms with van der Waals surface area (Å²) in [6.07, 6.45) is 0. The van der Waals surface area contributed by atoms with Crippen LogP contribution in [-0.4, -0.2) is 12.5 Å². The van der Waals surface area contributed by atoms with Gasteiger partial charge in [0.05, 0.1) is 11.6 Å². The van der Waals surface area contributed by atoms with Crippen molar-refractivity contribution in [2.75, 3.05) is 6.61 Å². The van der Waals surface area contributed by atoms with Gasteiger partial charge in [-0.15, -0.1) is 0 Å². The predicted octanol–water partition coefficient (Wildman–Crippen LogP) is 4.27. The molecule has 116 valence electrons. The van der Waals surface area contributed by atoms with E-state index in [4.69, 9.17) is 44.4 Å². The van der Waals surface area contributed by atoms with E-state index in [2.05, 4.69) is 5.48 Å². The summed E-state index contributed by atoms with van der Waals surface area (Å²) in [6, 6.07) is 11.8. The monoisotopic (exact) mass is 359 g/mol. The maximum absolute atomic E-state index is 11.6. The fourth-order valence-electron chi connectivity index (χ4n) is 1.55. The van der Waals surface area contributed by atoms with Crippen LogP contribution in [0.5, 0.6) is 5.75 Å². The average Bonchev–Trinajstić information content (AvgIpc) is 2.48. The first-order valence-corrected chi connectivity index (χ1v) is 7.41. The summed E-state index contributed by atoms with van der Waals surface area (Å²) in [4.78, 5) is 16.7. The van der Waals surface area contributed by atoms with Gasteiger partial charge in [-0.25, -0.2) is 5.48 Å². The Balaban J connectivity index is 1.72. The molecule has 0 spiro atoms. The molecule has 0 aromatic heterocycles. The van der Waals surface area contributed by atoms with Gasteiger partial charge >= 0.3 is 0 Å². The Morgan fingerprint density at radius 1 is 1.00 bits per heavy atom. The Morgan fingerprint density at radius 3 is 2.36 bits per heavy atom. The van der Waals surface area contributed by atoms with Gasteiger partial charge in [0.1, 0.15) is 5.75 Å². The molecule has 1 N–H and O–H groups in total. The molecule has 7 heteroatoms. The van der Waals surface area contributed by atoms with Crippen molar-refractivity contribution in [1.29, 1.82) is 0 Å². The van der Waals surface area contributed by atoms with Crippen molar-refractivity contribution in [3.8, 4) is 5.75 Å². The number of ether oxygens (including phenoxy) is 1. The number of amides is 1. The van der Waals surface area contributed by atoms with Crippen LogP contribution in [0.3, 0.4) is 0 Å². The molecule has 0 fully saturated rings. The van der Waals surface area contributed by atoms with E-state index in [9.17, 15) is 4.79 Å². The minimum Gasteiger partial charge on any atom is -0.482 e. The van der Waals surface area contributed by atoms with Crippen molar-refractivity contribution in [3.05, 3.63) is 63.1 Å². The van der Waals surface area contributed by atoms with Gasteiger partial charge in [0, 0.05) is 10.0 Å². The van der Waals surface area contributed by atoms with Crippen LogP contribution in [-0.2, 0) is 16.2 Å². The molecule has 2 rings (SSSR count). The maximum atomic E-state index is 11.6. The van der Waals surface area contributed by atoms with Crippen molar-refractivity contribution in [2.24, 2.45) is 0 Å². The second-order valence-corrected chi connectivity index (χ2v) is 5.58. The molecule has 0 atom stereocenters. The summed E-state index contributed by atoms with van der Waals surface area (Å²) in [5, 5.41) is 1.47. The molecule has 22 heavy (non-hydrogen) atoms. The Hall–Kier alpha value is -1.46. The highest BCUT2D eigenvalue weighted by molar-refractivity contribution is 6.35. The fourth-order valence-corrected chi connectivity index (χ4v) is 2.13. The van der Waals surface area contributed by atoms with Gasteiger partial charge < -0.3 is 4.74 Å². The van der Waals surface area contributed by atoms with Crippen LogP contribution in [0.2, 0.25) is 15.1 Å². The minimum absolute atomic E-state index is 0.220. The van der Waals surface area contributed by atoms with Crippen molar-refractivity contribution in [1.82, 2.24) is 5.48 Å². The summed E-state index contributed by atoms with van der Waals surface area (Å²) in [5.41, 5.74) is 3.16. The van der Waals surface area contributed by atoms with Gasteiger partial charge in [0.15, 0.2) is 6.61 Å². The summed E-state index contributed by atoms with van der Waals surface area (Å²) >= 11 is 17.5. The van der Waals surface area contributed by atoms with E-state index in [-0.39, 0.29) is 13.2 Å². The molecule has 0 aliphatic rings. The summed E-state index contributed by atoms with van der Waals surface area (Å²) < 4.78 is 5.27. The van der Waals surface area contributed by atoms with Gasteiger partial charge in [-0.05, 0) is 35.9 Å². The van der Waals surface area contributed by atoms with Crippen molar-refractivity contribution < 1.29 is 14.4 Å². The molecule has 4 nitrogen and oxygen atoms in total. The first-order chi connectivity index (χ1) is 10.5. The lowest BCUT2D eigenvalue weighted by atomic mass is 10.2. The van der Waals surface area contributed by atoms with Gasteiger partial charge in [-0.1, -0.05) is 46.9 Å². The van der Waals surface area contributed by atoms with E-state index in [0.29, 0.717) is 20.8 Å². The largest absolute Gasteiger partial charge is 0.482 e. The molecular weight excluding hydrogens is 349 g/mol. The van der Waals surface area contributed by atoms with E-state index in [1.807, 2.05) is 0 Å². The second-order valence-electron chi connectivity index (χ2n) is 4.30. The van der Waals surface area contributed by atoms with Crippen LogP contribution in [0, 0.1) is 0 Å². The van der Waals surface area contributed by atoms with E-state index in [1.165, 1.54) is 6.07 Å². The van der Waals surface area contributed by atoms with Gasteiger partial charge in [0.25, 0.3) is 5.91 Å². The topological polar surface area (TPSA) is 47.6 Å². The number of hydroxylamine groups is 1. The number of rotatable bonds is 6. The second kappa shape index (κ2) is 8.25. The normalized spacial score (nSPS) is 10.3. The van der Waals surface area contributed by atoms with Crippen molar-refractivity contribution in [3.63, 3.8) is 0 Å². The Kier molecular flexibility index (Phi) is 6.34. The minimum atomic E-state index is -0.431. The first-order valence-electron chi connectivity index (χ1n) is 6.27. The average molecular weight is 361 g/mol. The number of benzene rings is 2. The van der Waals surface area contributed by atoms with Gasteiger partial charge in [-0.3, -0.25) is 9.63 Å². The first kappa shape index (κ1) is 16.9. The maximum Gasteiger partial charge on any atom is 0.281 e. The molecule has 0 saturated heterocycles. The molecule has 0 aliphatic carbocycles. The van der Waals surface area contributed by atoms with E-state index >= 15 is 0 Å². The van der Waals surface area contributed by atoms with E-state index < -0.39 is 5.91 Å². The number of carbonyl (C=O) groups is 1. The van der Waals surface area contributed by atoms with Crippen molar-refractivity contribution >= 4 is 40.7 Å². The lowest BCUT2D eigenvalue weighted by Gasteiger charge is -2.09. The fraction of sp³-hybridized carbons (Fsp3) is 0.133. The van der Waals surface area contributed by atoms with Gasteiger partial charge in [0.2, 0.25) is 0 Å². The molecule has 2 aromatic carbocycles. The van der Waals surface area contributed by atoms with Crippen LogP contribution in [0.4, 0.5) is 0 Å². The number of nitrogens with one attached hydrogen (secondary N) is 1. The zero-order valence-electron chi connectivity index (χ0n) is 11.3. The number of halogens is 3. The Bertz CT molecular complexity index is 647. The predicted molar refractivity (Wildman–Crippen MR) is 86.3 cm³/mol. The van der Waals surface area contributed by atoms with Crippen LogP contribution in [0.1, 0.15) is 5.56 Å². The summed E-state index contributed by atoms with van der Waals surface area (Å²) in [6.45, 7) is 0.00653. The number of hydrogen-bond donors (Lipinski definition) is 1. The van der Waals surface area contributed by atoms with Gasteiger partial charge in [-0.2, -0.15) is 0 Å². The standard InChI is InChI=1S/C15H12Cl3NO3/c16-11-3-1-10(2-4-11)8-22-19-15(20)9-21-14-6-5-12(17)7-13(14)18/h1-7H,8-9H2,(H,19,20). The summed E-state index contributed by atoms with van der Waals surface area (Å²) in [7, 11) is 0. The molecule has 0 saturated carbocycles. The molecule has 0 bridgehead atoms. The molecule has 2 aromatic rings. The van der Waals surface area contributed by atoms with Crippen LogP contribution >= 0.6 is 34.8 Å². The molecule has 0 aliphatic heterocycles. The van der Waals surface area contributed by atoms with Crippen LogP contribution < -0.4 is 10.2 Å². The molecule has 0 unspecified atom stereocenters. The third-order valence-corrected chi connectivity index (χ3v) is 3.37. The lowest BCUT2D eigenvalue weighted by Crippen LogP contribution is -2.28. The summed E-state index contributed by atoms with van der Waals surface area (Å²) in [5.74, 6) is -0.0566. The Morgan fingerprint density at radius 2 is 1.68 bits per heavy atom. The highest BCUT2D eigenvalue weighted by atomic mass is 35.5. The molecule has 0 radical (unpaired) electrons. The smallest absolute Gasteiger partial charge is 0.281 e. The zero-order chi connectivity index (χ0) is 15.9. The van der Waals surface area contributed by atoms with E-state index in [0.717, 1.165) is 5.56 Å². The zero-order valence-corrected chi connectivity index (χ0v) is 13.6. The quantitative estimate of drug-likeness (QED) is 0.782. The number of carbonyl (C=O) groups excluding carboxylic acids is 1. The highest BCUT2D eigenvalue weighted by Crippen LogP contribution is 2.27. The molecular formula is C15H12Cl3NO3. The third-order valence-electron chi connectivity index (χ3n) is 2.59. The van der Waals surface area contributed by atoms with Crippen LogP contribution in [0.25, 0.3) is 0 Å². The number of hydrogen-bond acceptors (Lipinski definition) is 3. The highest BCUT2D eigenvalue weighted by Gasteiger charge is 2.06. The van der Waals surface area contributed by atoms with E-state index in [1.54, 1.807) is 36.4 Å². The van der Waals surface area contributed by atoms with Crippen molar-refractivity contribution in [2.45, 2.75) is 6.61 Å².